The average Bonchev–Trinajstić information content (AvgIpc) is 3.55. The van der Waals surface area contributed by atoms with Crippen LogP contribution in [-0.2, 0) is 5.41 Å². The zero-order valence-electron chi connectivity index (χ0n) is 23.8. The molecule has 0 bridgehead atoms. The Morgan fingerprint density at radius 2 is 1.10 bits per heavy atom. The summed E-state index contributed by atoms with van der Waals surface area (Å²) in [4.78, 5) is 5.07. The second-order valence-electron chi connectivity index (χ2n) is 11.7. The number of pyridine rings is 1. The number of benzene rings is 5. The fourth-order valence-corrected chi connectivity index (χ4v) is 6.65. The molecule has 0 saturated carbocycles. The Bertz CT molecular complexity index is 2100. The molecule has 0 fully saturated rings. The van der Waals surface area contributed by atoms with Crippen LogP contribution in [0, 0.1) is 0 Å². The Labute approximate surface area is 246 Å². The van der Waals surface area contributed by atoms with Crippen molar-refractivity contribution in [3.05, 3.63) is 157 Å². The summed E-state index contributed by atoms with van der Waals surface area (Å²) in [6.07, 6.45) is 2.09. The fraction of sp³-hybridized carbons (Fsp3) is 0.0750. The van der Waals surface area contributed by atoms with E-state index in [0.29, 0.717) is 0 Å². The normalized spacial score (nSPS) is 13.2. The molecule has 7 aromatic rings. The highest BCUT2D eigenvalue weighted by molar-refractivity contribution is 5.86. The summed E-state index contributed by atoms with van der Waals surface area (Å²) in [5.41, 5.74) is 15.7. The minimum Gasteiger partial charge on any atom is -0.299 e. The number of hydrogen-bond acceptors (Lipinski definition) is 1. The van der Waals surface area contributed by atoms with Gasteiger partial charge in [-0.25, -0.2) is 4.98 Å². The third kappa shape index (κ3) is 3.83. The first-order valence-electron chi connectivity index (χ1n) is 14.6. The van der Waals surface area contributed by atoms with E-state index in [0.717, 1.165) is 28.2 Å². The lowest BCUT2D eigenvalue weighted by atomic mass is 9.81. The van der Waals surface area contributed by atoms with Crippen molar-refractivity contribution < 1.29 is 0 Å². The van der Waals surface area contributed by atoms with Crippen LogP contribution in [0.5, 0.6) is 0 Å². The topological polar surface area (TPSA) is 17.3 Å². The van der Waals surface area contributed by atoms with E-state index in [9.17, 15) is 0 Å². The summed E-state index contributed by atoms with van der Waals surface area (Å²) in [6.45, 7) is 4.67. The van der Waals surface area contributed by atoms with E-state index in [2.05, 4.69) is 158 Å². The molecule has 8 rings (SSSR count). The SMILES string of the molecule is CC1(C)c2ccccc2-c2ccc(-c3ccc(-c4cccc(-c5nc6ccccn6c5-c5ccccc5)c4)cc3)cc21. The number of fused-ring (bicyclic) bond motifs is 4. The van der Waals surface area contributed by atoms with Crippen LogP contribution in [0.15, 0.2) is 146 Å². The molecular weight excluding hydrogens is 508 g/mol. The van der Waals surface area contributed by atoms with Gasteiger partial charge in [0.25, 0.3) is 0 Å². The van der Waals surface area contributed by atoms with Gasteiger partial charge in [0.1, 0.15) is 5.65 Å². The first-order chi connectivity index (χ1) is 20.6. The van der Waals surface area contributed by atoms with Crippen LogP contribution in [-0.4, -0.2) is 9.38 Å². The smallest absolute Gasteiger partial charge is 0.137 e. The van der Waals surface area contributed by atoms with E-state index >= 15 is 0 Å². The second kappa shape index (κ2) is 9.43. The molecule has 2 heteroatoms. The molecule has 0 amide bonds. The van der Waals surface area contributed by atoms with Crippen molar-refractivity contribution in [2.75, 3.05) is 0 Å². The molecule has 0 saturated heterocycles. The molecule has 2 nitrogen and oxygen atoms in total. The highest BCUT2D eigenvalue weighted by Crippen LogP contribution is 2.49. The van der Waals surface area contributed by atoms with Crippen LogP contribution in [0.3, 0.4) is 0 Å². The van der Waals surface area contributed by atoms with Crippen molar-refractivity contribution >= 4 is 5.65 Å². The number of imidazole rings is 1. The van der Waals surface area contributed by atoms with E-state index < -0.39 is 0 Å². The van der Waals surface area contributed by atoms with Crippen molar-refractivity contribution in [1.29, 1.82) is 0 Å². The van der Waals surface area contributed by atoms with Gasteiger partial charge in [0.2, 0.25) is 0 Å². The standard InChI is InChI=1S/C40H30N2/c1-40(2)35-16-7-6-15-33(35)34-23-22-31(26-36(34)40)28-20-18-27(19-21-28)30-13-10-14-32(25-30)38-39(29-11-4-3-5-12-29)42-24-9-8-17-37(42)41-38/h3-26H,1-2H3. The quantitative estimate of drug-likeness (QED) is 0.218. The maximum Gasteiger partial charge on any atom is 0.137 e. The van der Waals surface area contributed by atoms with E-state index in [1.54, 1.807) is 0 Å². The maximum absolute atomic E-state index is 5.07. The first-order valence-corrected chi connectivity index (χ1v) is 14.6. The highest BCUT2D eigenvalue weighted by atomic mass is 15.0. The van der Waals surface area contributed by atoms with E-state index in [1.165, 1.54) is 44.5 Å². The fourth-order valence-electron chi connectivity index (χ4n) is 6.65. The summed E-state index contributed by atoms with van der Waals surface area (Å²) in [5, 5.41) is 0. The molecule has 0 aliphatic heterocycles. The lowest BCUT2D eigenvalue weighted by Gasteiger charge is -2.22. The van der Waals surface area contributed by atoms with Crippen molar-refractivity contribution in [3.63, 3.8) is 0 Å². The largest absolute Gasteiger partial charge is 0.299 e. The van der Waals surface area contributed by atoms with Gasteiger partial charge in [0.15, 0.2) is 0 Å². The van der Waals surface area contributed by atoms with Gasteiger partial charge >= 0.3 is 0 Å². The van der Waals surface area contributed by atoms with Crippen LogP contribution in [0.25, 0.3) is 61.5 Å². The van der Waals surface area contributed by atoms with Crippen molar-refractivity contribution in [2.45, 2.75) is 19.3 Å². The average molecular weight is 539 g/mol. The third-order valence-electron chi connectivity index (χ3n) is 8.85. The molecule has 0 radical (unpaired) electrons. The minimum atomic E-state index is -0.00115. The maximum atomic E-state index is 5.07. The summed E-state index contributed by atoms with van der Waals surface area (Å²) in [7, 11) is 0. The summed E-state index contributed by atoms with van der Waals surface area (Å²) < 4.78 is 2.18. The van der Waals surface area contributed by atoms with E-state index in [-0.39, 0.29) is 5.41 Å². The molecule has 200 valence electrons. The van der Waals surface area contributed by atoms with Crippen LogP contribution in [0.4, 0.5) is 0 Å². The van der Waals surface area contributed by atoms with Crippen LogP contribution >= 0.6 is 0 Å². The summed E-state index contributed by atoms with van der Waals surface area (Å²) in [6, 6.07) is 50.2. The number of aromatic nitrogens is 2. The van der Waals surface area contributed by atoms with Crippen LogP contribution in [0.1, 0.15) is 25.0 Å². The van der Waals surface area contributed by atoms with Gasteiger partial charge < -0.3 is 0 Å². The Morgan fingerprint density at radius 1 is 0.476 bits per heavy atom. The van der Waals surface area contributed by atoms with Gasteiger partial charge in [-0.3, -0.25) is 4.40 Å². The number of nitrogens with zero attached hydrogens (tertiary/aromatic N) is 2. The molecule has 0 N–H and O–H groups in total. The Hall–Kier alpha value is -5.21. The predicted molar refractivity (Wildman–Crippen MR) is 174 cm³/mol. The molecule has 0 atom stereocenters. The third-order valence-corrected chi connectivity index (χ3v) is 8.85. The Kier molecular flexibility index (Phi) is 5.52. The summed E-state index contributed by atoms with van der Waals surface area (Å²) >= 11 is 0. The molecule has 42 heavy (non-hydrogen) atoms. The van der Waals surface area contributed by atoms with E-state index in [1.807, 2.05) is 6.07 Å². The molecule has 0 spiro atoms. The Morgan fingerprint density at radius 3 is 1.90 bits per heavy atom. The monoisotopic (exact) mass is 538 g/mol. The molecular formula is C40H30N2. The molecule has 0 unspecified atom stereocenters. The number of hydrogen-bond donors (Lipinski definition) is 0. The van der Waals surface area contributed by atoms with E-state index in [4.69, 9.17) is 4.98 Å². The zero-order chi connectivity index (χ0) is 28.3. The lowest BCUT2D eigenvalue weighted by Crippen LogP contribution is -2.14. The molecule has 2 heterocycles. The first kappa shape index (κ1) is 24.6. The number of rotatable bonds is 4. The van der Waals surface area contributed by atoms with Gasteiger partial charge in [0.05, 0.1) is 11.4 Å². The van der Waals surface area contributed by atoms with Crippen LogP contribution in [0.2, 0.25) is 0 Å². The highest BCUT2D eigenvalue weighted by Gasteiger charge is 2.35. The molecule has 1 aliphatic carbocycles. The van der Waals surface area contributed by atoms with Crippen molar-refractivity contribution in [2.24, 2.45) is 0 Å². The van der Waals surface area contributed by atoms with Gasteiger partial charge in [-0.15, -0.1) is 0 Å². The summed E-state index contributed by atoms with van der Waals surface area (Å²) in [5.74, 6) is 0. The van der Waals surface area contributed by atoms with Gasteiger partial charge in [-0.05, 0) is 68.8 Å². The molecule has 1 aliphatic rings. The zero-order valence-corrected chi connectivity index (χ0v) is 23.8. The van der Waals surface area contributed by atoms with Crippen molar-refractivity contribution in [3.8, 4) is 55.9 Å². The van der Waals surface area contributed by atoms with Crippen molar-refractivity contribution in [1.82, 2.24) is 9.38 Å². The lowest BCUT2D eigenvalue weighted by molar-refractivity contribution is 0.660. The van der Waals surface area contributed by atoms with Gasteiger partial charge in [-0.2, -0.15) is 0 Å². The Balaban J connectivity index is 1.16. The molecule has 5 aromatic carbocycles. The van der Waals surface area contributed by atoms with Gasteiger partial charge in [0, 0.05) is 22.7 Å². The van der Waals surface area contributed by atoms with Gasteiger partial charge in [-0.1, -0.05) is 129 Å². The second-order valence-corrected chi connectivity index (χ2v) is 11.7. The molecule has 2 aromatic heterocycles. The van der Waals surface area contributed by atoms with Crippen LogP contribution < -0.4 is 0 Å². The predicted octanol–water partition coefficient (Wildman–Crippen LogP) is 10.3. The minimum absolute atomic E-state index is 0.00115.